The van der Waals surface area contributed by atoms with Crippen molar-refractivity contribution in [1.29, 1.82) is 0 Å². The fourth-order valence-corrected chi connectivity index (χ4v) is 5.89. The van der Waals surface area contributed by atoms with Crippen LogP contribution < -0.4 is 14.4 Å². The highest BCUT2D eigenvalue weighted by atomic mass is 16.6. The molecule has 3 amide bonds. The van der Waals surface area contributed by atoms with Crippen LogP contribution in [0.4, 0.5) is 10.5 Å². The number of H-pyrrole nitrogens is 1. The zero-order valence-electron chi connectivity index (χ0n) is 20.7. The molecule has 1 aromatic heterocycles. The van der Waals surface area contributed by atoms with Crippen molar-refractivity contribution in [1.82, 2.24) is 9.88 Å². The maximum absolute atomic E-state index is 14.0. The SMILES string of the molecule is CC(C)c1ccc(C2c3[nH]c4ccccc4c3CC3C(=O)N(c4ccc5c(c4)OCCO5)C(=O)N32)cc1. The lowest BCUT2D eigenvalue weighted by Gasteiger charge is -2.36. The Kier molecular flexibility index (Phi) is 4.83. The third kappa shape index (κ3) is 3.26. The van der Waals surface area contributed by atoms with E-state index in [2.05, 4.69) is 49.2 Å². The molecule has 0 radical (unpaired) electrons. The molecule has 1 fully saturated rings. The van der Waals surface area contributed by atoms with Gasteiger partial charge in [0, 0.05) is 29.1 Å². The first-order valence-electron chi connectivity index (χ1n) is 12.8. The molecule has 186 valence electrons. The van der Waals surface area contributed by atoms with Crippen molar-refractivity contribution in [2.24, 2.45) is 0 Å². The molecule has 0 bridgehead atoms. The summed E-state index contributed by atoms with van der Waals surface area (Å²) in [6.07, 6.45) is 0.464. The van der Waals surface area contributed by atoms with Crippen molar-refractivity contribution in [3.05, 3.63) is 89.1 Å². The molecule has 4 aromatic rings. The predicted octanol–water partition coefficient (Wildman–Crippen LogP) is 5.55. The minimum atomic E-state index is -0.595. The van der Waals surface area contributed by atoms with Crippen LogP contribution in [-0.2, 0) is 11.2 Å². The van der Waals surface area contributed by atoms with E-state index < -0.39 is 12.1 Å². The fourth-order valence-electron chi connectivity index (χ4n) is 5.89. The van der Waals surface area contributed by atoms with Gasteiger partial charge in [0.05, 0.1) is 5.69 Å². The van der Waals surface area contributed by atoms with Crippen LogP contribution in [0.3, 0.4) is 0 Å². The lowest BCUT2D eigenvalue weighted by Crippen LogP contribution is -2.44. The van der Waals surface area contributed by atoms with Gasteiger partial charge in [-0.15, -0.1) is 0 Å². The second-order valence-electron chi connectivity index (χ2n) is 10.2. The highest BCUT2D eigenvalue weighted by Gasteiger charge is 2.53. The van der Waals surface area contributed by atoms with Crippen LogP contribution in [0.1, 0.15) is 48.2 Å². The number of hydrogen-bond donors (Lipinski definition) is 1. The summed E-state index contributed by atoms with van der Waals surface area (Å²) >= 11 is 0. The minimum absolute atomic E-state index is 0.221. The molecular formula is C30H27N3O4. The van der Waals surface area contributed by atoms with Crippen molar-refractivity contribution < 1.29 is 19.1 Å². The van der Waals surface area contributed by atoms with Crippen LogP contribution in [-0.4, -0.2) is 41.1 Å². The third-order valence-corrected chi connectivity index (χ3v) is 7.75. The minimum Gasteiger partial charge on any atom is -0.486 e. The predicted molar refractivity (Wildman–Crippen MR) is 140 cm³/mol. The quantitative estimate of drug-likeness (QED) is 0.380. The first kappa shape index (κ1) is 22.0. The number of amides is 3. The van der Waals surface area contributed by atoms with Crippen LogP contribution in [0.15, 0.2) is 66.7 Å². The standard InChI is InChI=1S/C30H27N3O4/c1-17(2)18-7-9-19(10-8-18)28-27-22(21-5-3-4-6-23(21)31-27)16-24-29(34)32(30(35)33(24)28)20-11-12-25-26(15-20)37-14-13-36-25/h3-12,15,17,24,28,31H,13-14,16H2,1-2H3. The summed E-state index contributed by atoms with van der Waals surface area (Å²) in [5.41, 5.74) is 5.79. The van der Waals surface area contributed by atoms with Gasteiger partial charge in [0.15, 0.2) is 11.5 Å². The lowest BCUT2D eigenvalue weighted by atomic mass is 9.88. The number of ether oxygens (including phenoxy) is 2. The van der Waals surface area contributed by atoms with Gasteiger partial charge < -0.3 is 14.5 Å². The number of imide groups is 1. The number of urea groups is 1. The molecule has 7 heteroatoms. The van der Waals surface area contributed by atoms with Gasteiger partial charge in [-0.05, 0) is 40.8 Å². The lowest BCUT2D eigenvalue weighted by molar-refractivity contribution is -0.120. The number of para-hydroxylation sites is 1. The van der Waals surface area contributed by atoms with Crippen LogP contribution >= 0.6 is 0 Å². The topological polar surface area (TPSA) is 74.9 Å². The zero-order valence-corrected chi connectivity index (χ0v) is 20.7. The summed E-state index contributed by atoms with van der Waals surface area (Å²) in [4.78, 5) is 34.6. The Morgan fingerprint density at radius 1 is 0.919 bits per heavy atom. The van der Waals surface area contributed by atoms with E-state index in [4.69, 9.17) is 9.47 Å². The Morgan fingerprint density at radius 3 is 2.46 bits per heavy atom. The Morgan fingerprint density at radius 2 is 1.68 bits per heavy atom. The van der Waals surface area contributed by atoms with Crippen LogP contribution in [0.2, 0.25) is 0 Å². The Bertz CT molecular complexity index is 1560. The van der Waals surface area contributed by atoms with Gasteiger partial charge >= 0.3 is 6.03 Å². The number of anilines is 1. The number of carbonyl (C=O) groups is 2. The van der Waals surface area contributed by atoms with Crippen molar-refractivity contribution >= 4 is 28.5 Å². The highest BCUT2D eigenvalue weighted by Crippen LogP contribution is 2.46. The molecule has 1 N–H and O–H groups in total. The smallest absolute Gasteiger partial charge is 0.332 e. The van der Waals surface area contributed by atoms with Gasteiger partial charge in [0.2, 0.25) is 0 Å². The van der Waals surface area contributed by atoms with E-state index in [-0.39, 0.29) is 11.9 Å². The van der Waals surface area contributed by atoms with E-state index in [9.17, 15) is 9.59 Å². The fraction of sp³-hybridized carbons (Fsp3) is 0.267. The summed E-state index contributed by atoms with van der Waals surface area (Å²) in [5.74, 6) is 1.35. The van der Waals surface area contributed by atoms with Crippen molar-refractivity contribution in [2.75, 3.05) is 18.1 Å². The van der Waals surface area contributed by atoms with Gasteiger partial charge in [-0.2, -0.15) is 0 Å². The van der Waals surface area contributed by atoms with Gasteiger partial charge in [-0.1, -0.05) is 56.3 Å². The van der Waals surface area contributed by atoms with E-state index in [0.717, 1.165) is 27.7 Å². The molecule has 2 atom stereocenters. The molecule has 37 heavy (non-hydrogen) atoms. The first-order chi connectivity index (χ1) is 18.0. The van der Waals surface area contributed by atoms with E-state index >= 15 is 0 Å². The number of carbonyl (C=O) groups excluding carboxylic acids is 2. The Balaban J connectivity index is 1.36. The van der Waals surface area contributed by atoms with Gasteiger partial charge in [-0.25, -0.2) is 9.69 Å². The van der Waals surface area contributed by atoms with Crippen molar-refractivity contribution in [3.63, 3.8) is 0 Å². The van der Waals surface area contributed by atoms with Crippen LogP contribution in [0, 0.1) is 0 Å². The van der Waals surface area contributed by atoms with E-state index in [1.807, 2.05) is 18.2 Å². The molecule has 7 rings (SSSR count). The van der Waals surface area contributed by atoms with Crippen LogP contribution in [0.5, 0.6) is 11.5 Å². The summed E-state index contributed by atoms with van der Waals surface area (Å²) in [5, 5.41) is 1.10. The maximum atomic E-state index is 14.0. The summed E-state index contributed by atoms with van der Waals surface area (Å²) in [6.45, 7) is 5.24. The molecule has 0 aliphatic carbocycles. The molecule has 3 aromatic carbocycles. The number of nitrogens with zero attached hydrogens (tertiary/aromatic N) is 2. The Labute approximate surface area is 214 Å². The average molecular weight is 494 g/mol. The number of hydrogen-bond acceptors (Lipinski definition) is 4. The number of fused-ring (bicyclic) bond motifs is 5. The maximum Gasteiger partial charge on any atom is 0.332 e. The van der Waals surface area contributed by atoms with Gasteiger partial charge in [0.1, 0.15) is 25.3 Å². The van der Waals surface area contributed by atoms with E-state index in [1.165, 1.54) is 10.5 Å². The molecule has 0 spiro atoms. The average Bonchev–Trinajstić information content (AvgIpc) is 3.41. The van der Waals surface area contributed by atoms with E-state index in [1.54, 1.807) is 23.1 Å². The van der Waals surface area contributed by atoms with Crippen molar-refractivity contribution in [3.8, 4) is 11.5 Å². The van der Waals surface area contributed by atoms with Crippen molar-refractivity contribution in [2.45, 2.75) is 38.3 Å². The summed E-state index contributed by atoms with van der Waals surface area (Å²) in [6, 6.07) is 20.5. The molecular weight excluding hydrogens is 466 g/mol. The van der Waals surface area contributed by atoms with Gasteiger partial charge in [0.25, 0.3) is 5.91 Å². The normalized spacial score (nSPS) is 20.5. The van der Waals surface area contributed by atoms with E-state index in [0.29, 0.717) is 42.7 Å². The summed E-state index contributed by atoms with van der Waals surface area (Å²) in [7, 11) is 0. The highest BCUT2D eigenvalue weighted by molar-refractivity contribution is 6.22. The number of nitrogens with one attached hydrogen (secondary N) is 1. The number of aromatic amines is 1. The number of rotatable bonds is 3. The molecule has 0 saturated carbocycles. The third-order valence-electron chi connectivity index (χ3n) is 7.75. The molecule has 3 aliphatic heterocycles. The van der Waals surface area contributed by atoms with Gasteiger partial charge in [-0.3, -0.25) is 9.69 Å². The molecule has 1 saturated heterocycles. The largest absolute Gasteiger partial charge is 0.486 e. The second kappa shape index (κ2) is 8.13. The molecule has 7 nitrogen and oxygen atoms in total. The zero-order chi connectivity index (χ0) is 25.3. The van der Waals surface area contributed by atoms with Crippen LogP contribution in [0.25, 0.3) is 10.9 Å². The second-order valence-corrected chi connectivity index (χ2v) is 10.2. The summed E-state index contributed by atoms with van der Waals surface area (Å²) < 4.78 is 11.4. The molecule has 4 heterocycles. The number of benzene rings is 3. The first-order valence-corrected chi connectivity index (χ1v) is 12.8. The Hall–Kier alpha value is -4.26. The molecule has 3 aliphatic rings. The molecule has 2 unspecified atom stereocenters. The number of aromatic nitrogens is 1. The monoisotopic (exact) mass is 493 g/mol.